The molecule has 238 valence electrons. The zero-order valence-corrected chi connectivity index (χ0v) is 27.9. The van der Waals surface area contributed by atoms with E-state index in [-0.39, 0.29) is 11.7 Å². The quantitative estimate of drug-likeness (QED) is 0.0856. The Morgan fingerprint density at radius 2 is 1.55 bits per heavy atom. The second-order valence-electron chi connectivity index (χ2n) is 10.8. The van der Waals surface area contributed by atoms with Gasteiger partial charge in [0.2, 0.25) is 0 Å². The Labute approximate surface area is 282 Å². The van der Waals surface area contributed by atoms with E-state index < -0.39 is 0 Å². The zero-order chi connectivity index (χ0) is 32.4. The molecule has 0 spiro atoms. The van der Waals surface area contributed by atoms with Crippen molar-refractivity contribution >= 4 is 23.1 Å². The topological polar surface area (TPSA) is 75.5 Å². The Balaban J connectivity index is 1.24. The van der Waals surface area contributed by atoms with Gasteiger partial charge in [0, 0.05) is 23.6 Å². The van der Waals surface area contributed by atoms with Crippen LogP contribution in [0.15, 0.2) is 131 Å². The summed E-state index contributed by atoms with van der Waals surface area (Å²) in [7, 11) is 3.20. The highest BCUT2D eigenvalue weighted by atomic mass is 32.2. The fourth-order valence-corrected chi connectivity index (χ4v) is 6.74. The van der Waals surface area contributed by atoms with E-state index in [0.29, 0.717) is 29.8 Å². The lowest BCUT2D eigenvalue weighted by Crippen LogP contribution is -2.19. The van der Waals surface area contributed by atoms with E-state index in [1.807, 2.05) is 84.4 Å². The summed E-state index contributed by atoms with van der Waals surface area (Å²) in [5.41, 5.74) is 5.55. The second kappa shape index (κ2) is 15.7. The van der Waals surface area contributed by atoms with Crippen molar-refractivity contribution in [2.75, 3.05) is 20.0 Å². The summed E-state index contributed by atoms with van der Waals surface area (Å²) in [6, 6.07) is 35.7. The van der Waals surface area contributed by atoms with Crippen LogP contribution in [0.5, 0.6) is 11.5 Å². The summed E-state index contributed by atoms with van der Waals surface area (Å²) >= 11 is 3.25. The van der Waals surface area contributed by atoms with Crippen molar-refractivity contribution in [3.8, 4) is 33.3 Å². The van der Waals surface area contributed by atoms with Crippen LogP contribution in [-0.4, -0.2) is 34.5 Å². The van der Waals surface area contributed by atoms with Crippen molar-refractivity contribution in [1.29, 1.82) is 0 Å². The molecular formula is C38H35N3O4S2. The molecule has 47 heavy (non-hydrogen) atoms. The van der Waals surface area contributed by atoms with E-state index >= 15 is 0 Å². The Morgan fingerprint density at radius 3 is 2.30 bits per heavy atom. The molecule has 7 nitrogen and oxygen atoms in total. The van der Waals surface area contributed by atoms with Gasteiger partial charge in [-0.05, 0) is 58.8 Å². The van der Waals surface area contributed by atoms with Gasteiger partial charge >= 0.3 is 0 Å². The third-order valence-corrected chi connectivity index (χ3v) is 9.41. The SMILES string of the molecule is COc1ccc(Cn2cc(-c3cc(-c4cccs4)nc(SCCC(OCc4ccccc4)c4ccccc4)n3)ccc2=O)cc1OC. The molecule has 1 unspecified atom stereocenters. The van der Waals surface area contributed by atoms with Crippen LogP contribution in [0.4, 0.5) is 0 Å². The number of rotatable bonds is 14. The van der Waals surface area contributed by atoms with Crippen molar-refractivity contribution in [2.45, 2.75) is 30.8 Å². The van der Waals surface area contributed by atoms with Gasteiger partial charge in [-0.25, -0.2) is 9.97 Å². The number of pyridine rings is 1. The molecule has 1 atom stereocenters. The summed E-state index contributed by atoms with van der Waals surface area (Å²) in [6.07, 6.45) is 2.58. The molecule has 0 aliphatic rings. The smallest absolute Gasteiger partial charge is 0.250 e. The normalized spacial score (nSPS) is 11.7. The Hall–Kier alpha value is -4.70. The van der Waals surface area contributed by atoms with Gasteiger partial charge in [0.1, 0.15) is 0 Å². The van der Waals surface area contributed by atoms with Crippen molar-refractivity contribution in [2.24, 2.45) is 0 Å². The predicted octanol–water partition coefficient (Wildman–Crippen LogP) is 8.54. The van der Waals surface area contributed by atoms with Gasteiger partial charge in [-0.1, -0.05) is 84.6 Å². The number of benzene rings is 3. The molecule has 0 aliphatic carbocycles. The first-order valence-electron chi connectivity index (χ1n) is 15.3. The molecule has 0 saturated carbocycles. The predicted molar refractivity (Wildman–Crippen MR) is 189 cm³/mol. The maximum absolute atomic E-state index is 12.9. The minimum atomic E-state index is -0.104. The van der Waals surface area contributed by atoms with Crippen LogP contribution in [-0.2, 0) is 17.9 Å². The minimum absolute atomic E-state index is 0.0657. The zero-order valence-electron chi connectivity index (χ0n) is 26.2. The molecule has 0 N–H and O–H groups in total. The summed E-state index contributed by atoms with van der Waals surface area (Å²) in [6.45, 7) is 0.917. The number of hydrogen-bond acceptors (Lipinski definition) is 8. The summed E-state index contributed by atoms with van der Waals surface area (Å²) in [5, 5.41) is 2.72. The first-order valence-corrected chi connectivity index (χ1v) is 17.1. The molecule has 6 aromatic rings. The lowest BCUT2D eigenvalue weighted by molar-refractivity contribution is 0.0379. The van der Waals surface area contributed by atoms with Crippen LogP contribution in [0, 0.1) is 0 Å². The molecule has 0 amide bonds. The van der Waals surface area contributed by atoms with Crippen LogP contribution in [0.3, 0.4) is 0 Å². The highest BCUT2D eigenvalue weighted by molar-refractivity contribution is 7.99. The van der Waals surface area contributed by atoms with Crippen LogP contribution < -0.4 is 15.0 Å². The van der Waals surface area contributed by atoms with Crippen molar-refractivity contribution < 1.29 is 14.2 Å². The maximum Gasteiger partial charge on any atom is 0.250 e. The molecule has 0 fully saturated rings. The molecule has 6 rings (SSSR count). The van der Waals surface area contributed by atoms with Gasteiger partial charge in [-0.15, -0.1) is 11.3 Å². The number of thiophene rings is 1. The van der Waals surface area contributed by atoms with E-state index in [1.54, 1.807) is 48.0 Å². The first kappa shape index (κ1) is 32.2. The molecular weight excluding hydrogens is 627 g/mol. The Morgan fingerprint density at radius 1 is 0.787 bits per heavy atom. The first-order chi connectivity index (χ1) is 23.1. The Kier molecular flexibility index (Phi) is 10.8. The molecule has 0 radical (unpaired) electrons. The van der Waals surface area contributed by atoms with Gasteiger partial charge < -0.3 is 18.8 Å². The molecule has 0 bridgehead atoms. The van der Waals surface area contributed by atoms with E-state index in [4.69, 9.17) is 24.2 Å². The van der Waals surface area contributed by atoms with Crippen molar-refractivity contribution in [3.05, 3.63) is 148 Å². The average molecular weight is 662 g/mol. The van der Waals surface area contributed by atoms with Crippen molar-refractivity contribution in [3.63, 3.8) is 0 Å². The van der Waals surface area contributed by atoms with Gasteiger partial charge in [0.05, 0.1) is 49.7 Å². The fraction of sp³-hybridized carbons (Fsp3) is 0.184. The summed E-state index contributed by atoms with van der Waals surface area (Å²) in [4.78, 5) is 23.9. The monoisotopic (exact) mass is 661 g/mol. The second-order valence-corrected chi connectivity index (χ2v) is 12.8. The summed E-state index contributed by atoms with van der Waals surface area (Å²) < 4.78 is 19.0. The van der Waals surface area contributed by atoms with Crippen LogP contribution in [0.2, 0.25) is 0 Å². The van der Waals surface area contributed by atoms with Gasteiger partial charge in [0.25, 0.3) is 5.56 Å². The van der Waals surface area contributed by atoms with E-state index in [2.05, 4.69) is 30.3 Å². The van der Waals surface area contributed by atoms with Crippen molar-refractivity contribution in [1.82, 2.24) is 14.5 Å². The number of methoxy groups -OCH3 is 2. The highest BCUT2D eigenvalue weighted by Crippen LogP contribution is 2.32. The third kappa shape index (κ3) is 8.37. The lowest BCUT2D eigenvalue weighted by atomic mass is 10.1. The number of aromatic nitrogens is 3. The Bertz CT molecular complexity index is 1950. The fourth-order valence-electron chi connectivity index (χ4n) is 5.21. The molecule has 3 heterocycles. The van der Waals surface area contributed by atoms with E-state index in [1.165, 1.54) is 0 Å². The largest absolute Gasteiger partial charge is 0.493 e. The number of ether oxygens (including phenoxy) is 3. The van der Waals surface area contributed by atoms with Gasteiger partial charge in [0.15, 0.2) is 16.7 Å². The highest BCUT2D eigenvalue weighted by Gasteiger charge is 2.16. The van der Waals surface area contributed by atoms with Crippen LogP contribution >= 0.6 is 23.1 Å². The molecule has 0 aliphatic heterocycles. The maximum atomic E-state index is 12.9. The molecule has 0 saturated heterocycles. The van der Waals surface area contributed by atoms with E-state index in [9.17, 15) is 4.79 Å². The standard InChI is InChI=1S/C38H35N3O4S2/c1-43-34-17-15-28(22-35(34)44-2)24-41-25-30(16-18-37(41)42)31-23-32(36-14-9-20-46-36)40-38(39-31)47-21-19-33(29-12-7-4-8-13-29)45-26-27-10-5-3-6-11-27/h3-18,20,22-23,25,33H,19,21,24,26H2,1-2H3. The van der Waals surface area contributed by atoms with Gasteiger partial charge in [-0.2, -0.15) is 0 Å². The minimum Gasteiger partial charge on any atom is -0.493 e. The molecule has 9 heteroatoms. The average Bonchev–Trinajstić information content (AvgIpc) is 3.67. The number of nitrogens with zero attached hydrogens (tertiary/aromatic N) is 3. The van der Waals surface area contributed by atoms with Crippen LogP contribution in [0.25, 0.3) is 21.8 Å². The molecule has 3 aromatic carbocycles. The van der Waals surface area contributed by atoms with Crippen LogP contribution in [0.1, 0.15) is 29.2 Å². The molecule has 3 aromatic heterocycles. The summed E-state index contributed by atoms with van der Waals surface area (Å²) in [5.74, 6) is 2.02. The van der Waals surface area contributed by atoms with Gasteiger partial charge in [-0.3, -0.25) is 4.79 Å². The number of thioether (sulfide) groups is 1. The lowest BCUT2D eigenvalue weighted by Gasteiger charge is -2.18. The third-order valence-electron chi connectivity index (χ3n) is 7.64. The number of hydrogen-bond donors (Lipinski definition) is 0. The van der Waals surface area contributed by atoms with E-state index in [0.717, 1.165) is 50.7 Å².